The first kappa shape index (κ1) is 15.7. The zero-order valence-corrected chi connectivity index (χ0v) is 14.7. The van der Waals surface area contributed by atoms with Crippen LogP contribution < -0.4 is 9.47 Å². The highest BCUT2D eigenvalue weighted by molar-refractivity contribution is 9.10. The van der Waals surface area contributed by atoms with Crippen LogP contribution in [0.5, 0.6) is 11.5 Å². The minimum absolute atomic E-state index is 0.200. The fourth-order valence-corrected chi connectivity index (χ4v) is 3.96. The van der Waals surface area contributed by atoms with E-state index in [1.807, 2.05) is 12.1 Å². The Morgan fingerprint density at radius 2 is 1.85 bits per heavy atom. The van der Waals surface area contributed by atoms with Gasteiger partial charge >= 0.3 is 0 Å². The monoisotopic (exact) mass is 374 g/mol. The van der Waals surface area contributed by atoms with Crippen LogP contribution >= 0.6 is 38.9 Å². The van der Waals surface area contributed by atoms with Crippen LogP contribution in [0.3, 0.4) is 0 Å². The second kappa shape index (κ2) is 6.83. The maximum Gasteiger partial charge on any atom is 0.161 e. The summed E-state index contributed by atoms with van der Waals surface area (Å²) in [6.45, 7) is 2.14. The normalized spacial score (nSPS) is 12.2. The second-order valence-electron chi connectivity index (χ2n) is 4.25. The zero-order valence-electron chi connectivity index (χ0n) is 11.6. The van der Waals surface area contributed by atoms with Crippen molar-refractivity contribution >= 4 is 38.9 Å². The van der Waals surface area contributed by atoms with Crippen LogP contribution in [0.4, 0.5) is 0 Å². The first-order chi connectivity index (χ1) is 9.60. The molecule has 0 saturated carbocycles. The van der Waals surface area contributed by atoms with E-state index in [0.29, 0.717) is 11.5 Å². The van der Waals surface area contributed by atoms with Crippen molar-refractivity contribution in [2.24, 2.45) is 0 Å². The summed E-state index contributed by atoms with van der Waals surface area (Å²) in [5.74, 6) is 1.37. The molecule has 0 aliphatic carbocycles. The van der Waals surface area contributed by atoms with E-state index in [1.165, 1.54) is 4.88 Å². The van der Waals surface area contributed by atoms with Crippen LogP contribution in [0.1, 0.15) is 27.6 Å². The fourth-order valence-electron chi connectivity index (χ4n) is 1.94. The van der Waals surface area contributed by atoms with Gasteiger partial charge < -0.3 is 9.47 Å². The zero-order chi connectivity index (χ0) is 14.7. The average molecular weight is 376 g/mol. The van der Waals surface area contributed by atoms with E-state index >= 15 is 0 Å². The van der Waals surface area contributed by atoms with E-state index < -0.39 is 0 Å². The lowest BCUT2D eigenvalue weighted by Gasteiger charge is -2.15. The van der Waals surface area contributed by atoms with Gasteiger partial charge in [-0.15, -0.1) is 22.9 Å². The minimum atomic E-state index is -0.200. The third kappa shape index (κ3) is 3.13. The number of thiophene rings is 1. The van der Waals surface area contributed by atoms with Crippen molar-refractivity contribution < 1.29 is 9.47 Å². The summed E-state index contributed by atoms with van der Waals surface area (Å²) in [4.78, 5) is 2.47. The van der Waals surface area contributed by atoms with Gasteiger partial charge in [0.05, 0.1) is 19.6 Å². The summed E-state index contributed by atoms with van der Waals surface area (Å²) < 4.78 is 11.5. The molecule has 0 amide bonds. The quantitative estimate of drug-likeness (QED) is 0.650. The molecule has 0 N–H and O–H groups in total. The third-order valence-electron chi connectivity index (χ3n) is 3.06. The third-order valence-corrected chi connectivity index (χ3v) is 5.64. The highest BCUT2D eigenvalue weighted by Crippen LogP contribution is 2.42. The van der Waals surface area contributed by atoms with Crippen molar-refractivity contribution in [1.29, 1.82) is 0 Å². The van der Waals surface area contributed by atoms with Gasteiger partial charge in [0.2, 0.25) is 0 Å². The summed E-state index contributed by atoms with van der Waals surface area (Å²) >= 11 is 11.9. The molecule has 2 aromatic rings. The van der Waals surface area contributed by atoms with E-state index in [-0.39, 0.29) is 5.38 Å². The van der Waals surface area contributed by atoms with Gasteiger partial charge in [0, 0.05) is 14.2 Å². The van der Waals surface area contributed by atoms with Gasteiger partial charge in [0.15, 0.2) is 11.5 Å². The lowest BCUT2D eigenvalue weighted by atomic mass is 10.1. The minimum Gasteiger partial charge on any atom is -0.493 e. The molecule has 0 radical (unpaired) electrons. The first-order valence-electron chi connectivity index (χ1n) is 6.24. The standard InChI is InChI=1S/C15H16BrClO2S/c1-4-9-5-6-14(20-9)15(17)10-7-12(18-2)13(19-3)8-11(10)16/h5-8,15H,4H2,1-3H3. The molecule has 0 fully saturated rings. The van der Waals surface area contributed by atoms with Crippen molar-refractivity contribution in [3.8, 4) is 11.5 Å². The van der Waals surface area contributed by atoms with Gasteiger partial charge in [-0.1, -0.05) is 22.9 Å². The highest BCUT2D eigenvalue weighted by atomic mass is 79.9. The average Bonchev–Trinajstić information content (AvgIpc) is 2.95. The Morgan fingerprint density at radius 3 is 2.40 bits per heavy atom. The SMILES string of the molecule is CCc1ccc(C(Cl)c2cc(OC)c(OC)cc2Br)s1. The van der Waals surface area contributed by atoms with E-state index in [1.54, 1.807) is 25.6 Å². The van der Waals surface area contributed by atoms with Gasteiger partial charge in [-0.2, -0.15) is 0 Å². The lowest BCUT2D eigenvalue weighted by molar-refractivity contribution is 0.354. The van der Waals surface area contributed by atoms with Crippen LogP contribution in [0.25, 0.3) is 0 Å². The molecule has 1 aromatic carbocycles. The second-order valence-corrected chi connectivity index (χ2v) is 6.74. The number of benzene rings is 1. The fraction of sp³-hybridized carbons (Fsp3) is 0.333. The Balaban J connectivity index is 2.40. The van der Waals surface area contributed by atoms with Gasteiger partial charge in [-0.25, -0.2) is 0 Å². The van der Waals surface area contributed by atoms with Gasteiger partial charge in [-0.3, -0.25) is 0 Å². The van der Waals surface area contributed by atoms with Gasteiger partial charge in [0.1, 0.15) is 0 Å². The Hall–Kier alpha value is -0.710. The smallest absolute Gasteiger partial charge is 0.161 e. The van der Waals surface area contributed by atoms with E-state index in [2.05, 4.69) is 35.0 Å². The molecule has 1 atom stereocenters. The molecule has 0 spiro atoms. The molecule has 0 aliphatic heterocycles. The summed E-state index contributed by atoms with van der Waals surface area (Å²) in [6, 6.07) is 8.03. The Labute approximate surface area is 136 Å². The van der Waals surface area contributed by atoms with Crippen molar-refractivity contribution in [2.45, 2.75) is 18.7 Å². The highest BCUT2D eigenvalue weighted by Gasteiger charge is 2.19. The predicted octanol–water partition coefficient (Wildman–Crippen LogP) is 5.42. The molecule has 1 heterocycles. The summed E-state index contributed by atoms with van der Waals surface area (Å²) in [5.41, 5.74) is 0.980. The number of ether oxygens (including phenoxy) is 2. The molecule has 0 aliphatic rings. The molecule has 2 rings (SSSR count). The Kier molecular flexibility index (Phi) is 5.35. The summed E-state index contributed by atoms with van der Waals surface area (Å²) in [7, 11) is 3.24. The molecule has 2 nitrogen and oxygen atoms in total. The van der Waals surface area contributed by atoms with Crippen molar-refractivity contribution in [3.63, 3.8) is 0 Å². The maximum atomic E-state index is 6.62. The molecule has 0 saturated heterocycles. The molecular weight excluding hydrogens is 360 g/mol. The Morgan fingerprint density at radius 1 is 1.20 bits per heavy atom. The number of aryl methyl sites for hydroxylation is 1. The Bertz CT molecular complexity index is 598. The van der Waals surface area contributed by atoms with Gasteiger partial charge in [-0.05, 0) is 36.2 Å². The number of hydrogen-bond donors (Lipinski definition) is 0. The first-order valence-corrected chi connectivity index (χ1v) is 8.29. The number of alkyl halides is 1. The molecule has 108 valence electrons. The summed E-state index contributed by atoms with van der Waals surface area (Å²) in [6.07, 6.45) is 1.03. The molecule has 20 heavy (non-hydrogen) atoms. The summed E-state index contributed by atoms with van der Waals surface area (Å²) in [5, 5.41) is -0.200. The van der Waals surface area contributed by atoms with E-state index in [4.69, 9.17) is 21.1 Å². The largest absolute Gasteiger partial charge is 0.493 e. The van der Waals surface area contributed by atoms with Crippen LogP contribution in [0.2, 0.25) is 0 Å². The molecular formula is C15H16BrClO2S. The maximum absolute atomic E-state index is 6.62. The van der Waals surface area contributed by atoms with Crippen molar-refractivity contribution in [3.05, 3.63) is 44.1 Å². The lowest BCUT2D eigenvalue weighted by Crippen LogP contribution is -1.96. The molecule has 5 heteroatoms. The molecule has 1 unspecified atom stereocenters. The number of hydrogen-bond acceptors (Lipinski definition) is 3. The number of rotatable bonds is 5. The van der Waals surface area contributed by atoms with Crippen LogP contribution in [-0.4, -0.2) is 14.2 Å². The number of halogens is 2. The van der Waals surface area contributed by atoms with Gasteiger partial charge in [0.25, 0.3) is 0 Å². The van der Waals surface area contributed by atoms with Crippen molar-refractivity contribution in [2.75, 3.05) is 14.2 Å². The van der Waals surface area contributed by atoms with Crippen LogP contribution in [-0.2, 0) is 6.42 Å². The van der Waals surface area contributed by atoms with E-state index in [0.717, 1.165) is 21.3 Å². The number of methoxy groups -OCH3 is 2. The van der Waals surface area contributed by atoms with Crippen LogP contribution in [0.15, 0.2) is 28.7 Å². The topological polar surface area (TPSA) is 18.5 Å². The van der Waals surface area contributed by atoms with Crippen LogP contribution in [0, 0.1) is 0 Å². The van der Waals surface area contributed by atoms with Crippen molar-refractivity contribution in [1.82, 2.24) is 0 Å². The van der Waals surface area contributed by atoms with E-state index in [9.17, 15) is 0 Å². The molecule has 0 bridgehead atoms. The molecule has 1 aromatic heterocycles. The predicted molar refractivity (Wildman–Crippen MR) is 88.6 cm³/mol.